The molecule has 20 heavy (non-hydrogen) atoms. The van der Waals surface area contributed by atoms with Crippen LogP contribution in [0.15, 0.2) is 18.2 Å². The van der Waals surface area contributed by atoms with E-state index in [9.17, 15) is 20.0 Å². The van der Waals surface area contributed by atoms with Gasteiger partial charge in [0.05, 0.1) is 10.5 Å². The zero-order valence-electron chi connectivity index (χ0n) is 11.6. The van der Waals surface area contributed by atoms with Gasteiger partial charge in [-0.05, 0) is 38.8 Å². The average Bonchev–Trinajstić information content (AvgIpc) is 2.37. The van der Waals surface area contributed by atoms with Crippen LogP contribution in [0, 0.1) is 17.0 Å². The smallest absolute Gasteiger partial charge is 0.272 e. The van der Waals surface area contributed by atoms with Gasteiger partial charge in [-0.3, -0.25) is 14.9 Å². The van der Waals surface area contributed by atoms with Crippen LogP contribution in [0.25, 0.3) is 0 Å². The van der Waals surface area contributed by atoms with Gasteiger partial charge in [0, 0.05) is 30.3 Å². The van der Waals surface area contributed by atoms with Gasteiger partial charge in [-0.2, -0.15) is 0 Å². The van der Waals surface area contributed by atoms with E-state index in [4.69, 9.17) is 0 Å². The molecule has 1 aliphatic heterocycles. The van der Waals surface area contributed by atoms with Crippen molar-refractivity contribution in [3.63, 3.8) is 0 Å². The standard InChI is InChI=1S/C14H18N2O4/c1-10-9-11(3-4-12(10)16(19)20)13(17)15-7-5-14(2,18)6-8-15/h3-4,9,18H,5-8H2,1-2H3. The summed E-state index contributed by atoms with van der Waals surface area (Å²) in [4.78, 5) is 24.3. The molecular weight excluding hydrogens is 260 g/mol. The summed E-state index contributed by atoms with van der Waals surface area (Å²) in [6, 6.07) is 4.40. The van der Waals surface area contributed by atoms with E-state index < -0.39 is 10.5 Å². The number of amides is 1. The van der Waals surface area contributed by atoms with Crippen molar-refractivity contribution in [2.24, 2.45) is 0 Å². The number of nitro groups is 1. The highest BCUT2D eigenvalue weighted by atomic mass is 16.6. The maximum Gasteiger partial charge on any atom is 0.272 e. The molecule has 0 atom stereocenters. The lowest BCUT2D eigenvalue weighted by Crippen LogP contribution is -2.45. The molecule has 1 heterocycles. The fraction of sp³-hybridized carbons (Fsp3) is 0.500. The van der Waals surface area contributed by atoms with Crippen LogP contribution in [0.3, 0.4) is 0 Å². The second-order valence-electron chi connectivity index (χ2n) is 5.55. The van der Waals surface area contributed by atoms with Crippen molar-refractivity contribution < 1.29 is 14.8 Å². The number of carbonyl (C=O) groups is 1. The molecule has 1 fully saturated rings. The predicted molar refractivity (Wildman–Crippen MR) is 73.6 cm³/mol. The second-order valence-corrected chi connectivity index (χ2v) is 5.55. The first-order chi connectivity index (χ1) is 9.30. The zero-order chi connectivity index (χ0) is 14.9. The van der Waals surface area contributed by atoms with E-state index in [1.807, 2.05) is 0 Å². The van der Waals surface area contributed by atoms with E-state index >= 15 is 0 Å². The maximum atomic E-state index is 12.3. The summed E-state index contributed by atoms with van der Waals surface area (Å²) in [5, 5.41) is 20.6. The molecule has 6 heteroatoms. The van der Waals surface area contributed by atoms with E-state index in [-0.39, 0.29) is 11.6 Å². The van der Waals surface area contributed by atoms with E-state index in [2.05, 4.69) is 0 Å². The third-order valence-corrected chi connectivity index (χ3v) is 3.77. The number of likely N-dealkylation sites (tertiary alicyclic amines) is 1. The topological polar surface area (TPSA) is 83.7 Å². The number of hydrogen-bond acceptors (Lipinski definition) is 4. The van der Waals surface area contributed by atoms with Crippen molar-refractivity contribution >= 4 is 11.6 Å². The number of rotatable bonds is 2. The summed E-state index contributed by atoms with van der Waals surface area (Å²) >= 11 is 0. The van der Waals surface area contributed by atoms with E-state index in [0.29, 0.717) is 37.1 Å². The average molecular weight is 278 g/mol. The lowest BCUT2D eigenvalue weighted by Gasteiger charge is -2.35. The molecular formula is C14H18N2O4. The highest BCUT2D eigenvalue weighted by molar-refractivity contribution is 5.94. The van der Waals surface area contributed by atoms with Crippen LogP contribution in [-0.4, -0.2) is 39.5 Å². The summed E-state index contributed by atoms with van der Waals surface area (Å²) in [7, 11) is 0. The Labute approximate surface area is 117 Å². The summed E-state index contributed by atoms with van der Waals surface area (Å²) in [5.41, 5.74) is 0.241. The van der Waals surface area contributed by atoms with Crippen LogP contribution in [0.5, 0.6) is 0 Å². The third-order valence-electron chi connectivity index (χ3n) is 3.77. The number of nitrogens with zero attached hydrogens (tertiary/aromatic N) is 2. The van der Waals surface area contributed by atoms with E-state index in [1.54, 1.807) is 24.8 Å². The van der Waals surface area contributed by atoms with Gasteiger partial charge < -0.3 is 10.0 Å². The summed E-state index contributed by atoms with van der Waals surface area (Å²) < 4.78 is 0. The fourth-order valence-electron chi connectivity index (χ4n) is 2.37. The highest BCUT2D eigenvalue weighted by Crippen LogP contribution is 2.24. The Bertz CT molecular complexity index is 544. The quantitative estimate of drug-likeness (QED) is 0.661. The molecule has 1 saturated heterocycles. The SMILES string of the molecule is Cc1cc(C(=O)N2CCC(C)(O)CC2)ccc1[N+](=O)[O-]. The lowest BCUT2D eigenvalue weighted by molar-refractivity contribution is -0.385. The number of aryl methyl sites for hydroxylation is 1. The van der Waals surface area contributed by atoms with Gasteiger partial charge in [0.25, 0.3) is 11.6 Å². The Morgan fingerprint density at radius 3 is 2.50 bits per heavy atom. The maximum absolute atomic E-state index is 12.3. The van der Waals surface area contributed by atoms with Crippen LogP contribution >= 0.6 is 0 Å². The van der Waals surface area contributed by atoms with Crippen LogP contribution in [0.4, 0.5) is 5.69 Å². The molecule has 2 rings (SSSR count). The molecule has 0 aromatic heterocycles. The van der Waals surface area contributed by atoms with Gasteiger partial charge in [0.2, 0.25) is 0 Å². The molecule has 0 spiro atoms. The molecule has 0 saturated carbocycles. The predicted octanol–water partition coefficient (Wildman–Crippen LogP) is 1.89. The van der Waals surface area contributed by atoms with E-state index in [1.165, 1.54) is 12.1 Å². The largest absolute Gasteiger partial charge is 0.390 e. The number of hydrogen-bond donors (Lipinski definition) is 1. The molecule has 0 radical (unpaired) electrons. The Hall–Kier alpha value is -1.95. The van der Waals surface area contributed by atoms with E-state index in [0.717, 1.165) is 0 Å². The second kappa shape index (κ2) is 5.20. The van der Waals surface area contributed by atoms with Crippen LogP contribution in [-0.2, 0) is 0 Å². The van der Waals surface area contributed by atoms with Gasteiger partial charge >= 0.3 is 0 Å². The Morgan fingerprint density at radius 2 is 2.00 bits per heavy atom. The molecule has 0 bridgehead atoms. The van der Waals surface area contributed by atoms with Crippen LogP contribution in [0.2, 0.25) is 0 Å². The lowest BCUT2D eigenvalue weighted by atomic mass is 9.93. The number of piperidine rings is 1. The minimum absolute atomic E-state index is 0.0168. The minimum atomic E-state index is -0.706. The Kier molecular flexibility index (Phi) is 3.76. The first-order valence-electron chi connectivity index (χ1n) is 6.57. The van der Waals surface area contributed by atoms with Gasteiger partial charge in [-0.1, -0.05) is 0 Å². The molecule has 1 aromatic carbocycles. The van der Waals surface area contributed by atoms with Gasteiger partial charge in [-0.25, -0.2) is 0 Å². The van der Waals surface area contributed by atoms with Crippen molar-refractivity contribution in [1.29, 1.82) is 0 Å². The van der Waals surface area contributed by atoms with Crippen molar-refractivity contribution in [2.45, 2.75) is 32.3 Å². The summed E-state index contributed by atoms with van der Waals surface area (Å²) in [5.74, 6) is -0.140. The zero-order valence-corrected chi connectivity index (χ0v) is 11.6. The molecule has 0 aliphatic carbocycles. The monoisotopic (exact) mass is 278 g/mol. The summed E-state index contributed by atoms with van der Waals surface area (Å²) in [6.45, 7) is 4.39. The molecule has 1 aliphatic rings. The fourth-order valence-corrected chi connectivity index (χ4v) is 2.37. The molecule has 6 nitrogen and oxygen atoms in total. The Balaban J connectivity index is 2.14. The number of carbonyl (C=O) groups excluding carboxylic acids is 1. The van der Waals surface area contributed by atoms with Crippen molar-refractivity contribution in [3.05, 3.63) is 39.4 Å². The first-order valence-corrected chi connectivity index (χ1v) is 6.57. The first kappa shape index (κ1) is 14.5. The molecule has 108 valence electrons. The van der Waals surface area contributed by atoms with Crippen molar-refractivity contribution in [1.82, 2.24) is 4.90 Å². The van der Waals surface area contributed by atoms with Crippen LogP contribution in [0.1, 0.15) is 35.7 Å². The normalized spacial score (nSPS) is 17.9. The van der Waals surface area contributed by atoms with Crippen LogP contribution < -0.4 is 0 Å². The van der Waals surface area contributed by atoms with Crippen molar-refractivity contribution in [3.8, 4) is 0 Å². The third kappa shape index (κ3) is 2.96. The number of aliphatic hydroxyl groups is 1. The van der Waals surface area contributed by atoms with Gasteiger partial charge in [0.15, 0.2) is 0 Å². The van der Waals surface area contributed by atoms with Gasteiger partial charge in [0.1, 0.15) is 0 Å². The molecule has 0 unspecified atom stereocenters. The number of benzene rings is 1. The molecule has 1 N–H and O–H groups in total. The molecule has 1 amide bonds. The van der Waals surface area contributed by atoms with Gasteiger partial charge in [-0.15, -0.1) is 0 Å². The number of nitro benzene ring substituents is 1. The summed E-state index contributed by atoms with van der Waals surface area (Å²) in [6.07, 6.45) is 1.09. The Morgan fingerprint density at radius 1 is 1.40 bits per heavy atom. The van der Waals surface area contributed by atoms with Crippen molar-refractivity contribution in [2.75, 3.05) is 13.1 Å². The molecule has 1 aromatic rings. The highest BCUT2D eigenvalue weighted by Gasteiger charge is 2.30. The minimum Gasteiger partial charge on any atom is -0.390 e.